The molecule has 0 amide bonds. The van der Waals surface area contributed by atoms with Gasteiger partial charge in [-0.15, -0.1) is 0 Å². The monoisotopic (exact) mass is 392 g/mol. The van der Waals surface area contributed by atoms with E-state index in [1.165, 1.54) is 80.6 Å². The molecule has 4 aromatic carbocycles. The van der Waals surface area contributed by atoms with Gasteiger partial charge in [0.15, 0.2) is 0 Å². The highest BCUT2D eigenvalue weighted by Gasteiger charge is 2.27. The molecule has 0 bridgehead atoms. The van der Waals surface area contributed by atoms with E-state index in [2.05, 4.69) is 48.5 Å². The zero-order valence-electron chi connectivity index (χ0n) is 17.4. The lowest BCUT2D eigenvalue weighted by molar-refractivity contribution is 0.685. The first kappa shape index (κ1) is 17.8. The third-order valence-electron chi connectivity index (χ3n) is 7.41. The molecule has 2 nitrogen and oxygen atoms in total. The van der Waals surface area contributed by atoms with Crippen molar-refractivity contribution in [1.29, 1.82) is 0 Å². The van der Waals surface area contributed by atoms with Gasteiger partial charge >= 0.3 is 0 Å². The summed E-state index contributed by atoms with van der Waals surface area (Å²) in [5.74, 6) is 0. The minimum absolute atomic E-state index is 0.998. The number of hydrogen-bond donors (Lipinski definition) is 2. The maximum atomic E-state index is 6.74. The van der Waals surface area contributed by atoms with Gasteiger partial charge in [-0.1, -0.05) is 48.5 Å². The molecule has 0 unspecified atom stereocenters. The van der Waals surface area contributed by atoms with Crippen LogP contribution in [0.2, 0.25) is 0 Å². The van der Waals surface area contributed by atoms with Crippen molar-refractivity contribution in [2.24, 2.45) is 0 Å². The average molecular weight is 393 g/mol. The normalized spacial score (nSPS) is 15.9. The summed E-state index contributed by atoms with van der Waals surface area (Å²) >= 11 is 0. The third kappa shape index (κ3) is 2.43. The molecule has 0 aromatic heterocycles. The van der Waals surface area contributed by atoms with Gasteiger partial charge in [0.1, 0.15) is 0 Å². The lowest BCUT2D eigenvalue weighted by atomic mass is 9.76. The molecule has 0 fully saturated rings. The second-order valence-corrected chi connectivity index (χ2v) is 9.00. The maximum absolute atomic E-state index is 6.74. The number of hydrogen-bond acceptors (Lipinski definition) is 2. The van der Waals surface area contributed by atoms with Crippen molar-refractivity contribution in [3.05, 3.63) is 70.8 Å². The molecule has 0 saturated heterocycles. The molecule has 30 heavy (non-hydrogen) atoms. The molecular weight excluding hydrogens is 364 g/mol. The first-order valence-corrected chi connectivity index (χ1v) is 11.4. The summed E-state index contributed by atoms with van der Waals surface area (Å²) in [6.07, 6.45) is 9.37. The standard InChI is InChI=1S/C28H28N2/c29-27-21-13-5-1-9-17(21)25(18-10-2-6-14-22(18)27)26-19-11-3-7-15-23(19)28(30)24-16-8-4-12-20(24)26/h1,3,5,7,9,11,13,15H,2,4,6,8,10,12,14,16,29-30H2. The van der Waals surface area contributed by atoms with Crippen LogP contribution in [-0.2, 0) is 25.7 Å². The van der Waals surface area contributed by atoms with E-state index in [0.29, 0.717) is 0 Å². The summed E-state index contributed by atoms with van der Waals surface area (Å²) in [4.78, 5) is 0. The van der Waals surface area contributed by atoms with Crippen LogP contribution < -0.4 is 11.5 Å². The van der Waals surface area contributed by atoms with Gasteiger partial charge in [-0.2, -0.15) is 0 Å². The molecule has 0 heterocycles. The van der Waals surface area contributed by atoms with Gasteiger partial charge in [-0.3, -0.25) is 0 Å². The van der Waals surface area contributed by atoms with E-state index in [-0.39, 0.29) is 0 Å². The zero-order chi connectivity index (χ0) is 20.2. The third-order valence-corrected chi connectivity index (χ3v) is 7.41. The van der Waals surface area contributed by atoms with Crippen molar-refractivity contribution in [2.45, 2.75) is 51.4 Å². The molecule has 150 valence electrons. The summed E-state index contributed by atoms with van der Waals surface area (Å²) in [5.41, 5.74) is 24.1. The van der Waals surface area contributed by atoms with Crippen LogP contribution in [0, 0.1) is 0 Å². The number of nitrogen functional groups attached to an aromatic ring is 2. The Balaban J connectivity index is 1.85. The second kappa shape index (κ2) is 6.77. The van der Waals surface area contributed by atoms with Crippen LogP contribution in [0.15, 0.2) is 48.5 Å². The Labute approximate surface area is 177 Å². The van der Waals surface area contributed by atoms with E-state index >= 15 is 0 Å². The first-order chi connectivity index (χ1) is 14.8. The van der Waals surface area contributed by atoms with Crippen molar-refractivity contribution in [3.8, 4) is 11.1 Å². The number of benzene rings is 4. The topological polar surface area (TPSA) is 52.0 Å². The average Bonchev–Trinajstić information content (AvgIpc) is 2.81. The molecule has 0 aliphatic heterocycles. The van der Waals surface area contributed by atoms with E-state index in [9.17, 15) is 0 Å². The molecule has 0 saturated carbocycles. The van der Waals surface area contributed by atoms with Crippen molar-refractivity contribution in [3.63, 3.8) is 0 Å². The predicted octanol–water partition coefficient (Wildman–Crippen LogP) is 6.58. The van der Waals surface area contributed by atoms with Crippen LogP contribution in [0.5, 0.6) is 0 Å². The van der Waals surface area contributed by atoms with Crippen LogP contribution in [-0.4, -0.2) is 0 Å². The van der Waals surface area contributed by atoms with Gasteiger partial charge in [-0.05, 0) is 95.5 Å². The van der Waals surface area contributed by atoms with Crippen LogP contribution in [0.3, 0.4) is 0 Å². The smallest absolute Gasteiger partial charge is 0.0429 e. The van der Waals surface area contributed by atoms with Gasteiger partial charge in [0, 0.05) is 22.1 Å². The fourth-order valence-corrected chi connectivity index (χ4v) is 6.05. The molecule has 0 atom stereocenters. The number of fused-ring (bicyclic) bond motifs is 4. The fourth-order valence-electron chi connectivity index (χ4n) is 6.05. The largest absolute Gasteiger partial charge is 0.398 e. The number of rotatable bonds is 1. The Hall–Kier alpha value is -3.00. The summed E-state index contributed by atoms with van der Waals surface area (Å²) < 4.78 is 0. The highest BCUT2D eigenvalue weighted by atomic mass is 14.6. The van der Waals surface area contributed by atoms with Gasteiger partial charge < -0.3 is 11.5 Å². The molecule has 0 radical (unpaired) electrons. The van der Waals surface area contributed by atoms with E-state index in [1.54, 1.807) is 0 Å². The van der Waals surface area contributed by atoms with Crippen LogP contribution in [0.1, 0.15) is 47.9 Å². The number of anilines is 2. The Morgan fingerprint density at radius 3 is 1.17 bits per heavy atom. The van der Waals surface area contributed by atoms with E-state index in [1.807, 2.05) is 0 Å². The molecule has 0 spiro atoms. The molecule has 2 aliphatic rings. The highest BCUT2D eigenvalue weighted by Crippen LogP contribution is 2.48. The van der Waals surface area contributed by atoms with Crippen molar-refractivity contribution in [1.82, 2.24) is 0 Å². The fraction of sp³-hybridized carbons (Fsp3) is 0.286. The predicted molar refractivity (Wildman–Crippen MR) is 129 cm³/mol. The highest BCUT2D eigenvalue weighted by molar-refractivity contribution is 6.14. The van der Waals surface area contributed by atoms with Crippen molar-refractivity contribution < 1.29 is 0 Å². The summed E-state index contributed by atoms with van der Waals surface area (Å²) in [7, 11) is 0. The van der Waals surface area contributed by atoms with Gasteiger partial charge in [0.25, 0.3) is 0 Å². The summed E-state index contributed by atoms with van der Waals surface area (Å²) in [5, 5.41) is 5.02. The van der Waals surface area contributed by atoms with Crippen LogP contribution in [0.4, 0.5) is 11.4 Å². The maximum Gasteiger partial charge on any atom is 0.0429 e. The van der Waals surface area contributed by atoms with Crippen LogP contribution in [0.25, 0.3) is 32.7 Å². The van der Waals surface area contributed by atoms with E-state index < -0.39 is 0 Å². The molecule has 4 aromatic rings. The van der Waals surface area contributed by atoms with E-state index in [0.717, 1.165) is 37.1 Å². The Kier molecular flexibility index (Phi) is 4.02. The van der Waals surface area contributed by atoms with E-state index in [4.69, 9.17) is 11.5 Å². The minimum Gasteiger partial charge on any atom is -0.398 e. The number of nitrogens with two attached hydrogens (primary N) is 2. The van der Waals surface area contributed by atoms with Crippen molar-refractivity contribution in [2.75, 3.05) is 11.5 Å². The zero-order valence-corrected chi connectivity index (χ0v) is 17.4. The Bertz CT molecular complexity index is 1210. The van der Waals surface area contributed by atoms with Crippen molar-refractivity contribution >= 4 is 32.9 Å². The molecule has 4 N–H and O–H groups in total. The minimum atomic E-state index is 0.998. The second-order valence-electron chi connectivity index (χ2n) is 9.00. The summed E-state index contributed by atoms with van der Waals surface area (Å²) in [6.45, 7) is 0. The molecule has 6 rings (SSSR count). The lowest BCUT2D eigenvalue weighted by Crippen LogP contribution is -2.13. The van der Waals surface area contributed by atoms with Gasteiger partial charge in [-0.25, -0.2) is 0 Å². The summed E-state index contributed by atoms with van der Waals surface area (Å²) in [6, 6.07) is 17.5. The van der Waals surface area contributed by atoms with Gasteiger partial charge in [0.2, 0.25) is 0 Å². The molecular formula is C28H28N2. The van der Waals surface area contributed by atoms with Gasteiger partial charge in [0.05, 0.1) is 0 Å². The SMILES string of the molecule is Nc1c2c(c(-c3c4c(c(N)c5ccccc35)CCCC4)c3ccccc13)CCCC2. The lowest BCUT2D eigenvalue weighted by Gasteiger charge is -2.29. The quantitative estimate of drug-likeness (QED) is 0.359. The Morgan fingerprint density at radius 1 is 0.433 bits per heavy atom. The molecule has 2 heteroatoms. The first-order valence-electron chi connectivity index (χ1n) is 11.4. The molecule has 2 aliphatic carbocycles. The van der Waals surface area contributed by atoms with Crippen LogP contribution >= 0.6 is 0 Å². The Morgan fingerprint density at radius 2 is 0.767 bits per heavy atom.